The molecule has 0 bridgehead atoms. The molecule has 0 radical (unpaired) electrons. The molecule has 166 valence electrons. The molecule has 2 atom stereocenters. The van der Waals surface area contributed by atoms with Gasteiger partial charge in [0.05, 0.1) is 24.8 Å². The molecule has 1 aromatic heterocycles. The van der Waals surface area contributed by atoms with E-state index in [1.165, 1.54) is 47.9 Å². The van der Waals surface area contributed by atoms with Crippen molar-refractivity contribution in [2.75, 3.05) is 27.2 Å². The number of nitrogens with zero attached hydrogens (tertiary/aromatic N) is 4. The number of aromatic nitrogens is 2. The Balaban J connectivity index is 0.00000320. The van der Waals surface area contributed by atoms with E-state index in [-0.39, 0.29) is 36.1 Å². The molecule has 0 saturated carbocycles. The Kier molecular flexibility index (Phi) is 9.61. The second kappa shape index (κ2) is 11.7. The second-order valence-corrected chi connectivity index (χ2v) is 8.25. The number of aryl methyl sites for hydroxylation is 3. The molecule has 1 aliphatic rings. The van der Waals surface area contributed by atoms with Crippen LogP contribution in [0, 0.1) is 0 Å². The molecule has 0 fully saturated rings. The lowest BCUT2D eigenvalue weighted by Crippen LogP contribution is -2.39. The third-order valence-electron chi connectivity index (χ3n) is 5.73. The lowest BCUT2D eigenvalue weighted by atomic mass is 9.89. The summed E-state index contributed by atoms with van der Waals surface area (Å²) in [5.74, 6) is 0.855. The zero-order chi connectivity index (χ0) is 20.8. The second-order valence-electron chi connectivity index (χ2n) is 8.25. The highest BCUT2D eigenvalue weighted by atomic mass is 127. The Morgan fingerprint density at radius 2 is 1.93 bits per heavy atom. The highest BCUT2D eigenvalue weighted by molar-refractivity contribution is 14.0. The number of hydrogen-bond acceptors (Lipinski definition) is 3. The fraction of sp³-hybridized carbons (Fsp3) is 0.565. The van der Waals surface area contributed by atoms with Crippen LogP contribution in [-0.4, -0.2) is 47.8 Å². The van der Waals surface area contributed by atoms with Crippen LogP contribution >= 0.6 is 24.0 Å². The summed E-state index contributed by atoms with van der Waals surface area (Å²) in [6, 6.07) is 7.36. The van der Waals surface area contributed by atoms with Crippen LogP contribution < -0.4 is 10.6 Å². The van der Waals surface area contributed by atoms with Crippen molar-refractivity contribution in [1.29, 1.82) is 0 Å². The zero-order valence-corrected chi connectivity index (χ0v) is 21.3. The number of halogens is 1. The first kappa shape index (κ1) is 24.7. The fourth-order valence-electron chi connectivity index (χ4n) is 3.99. The van der Waals surface area contributed by atoms with E-state index in [4.69, 9.17) is 4.99 Å². The summed E-state index contributed by atoms with van der Waals surface area (Å²) in [4.78, 5) is 7.08. The van der Waals surface area contributed by atoms with Gasteiger partial charge >= 0.3 is 0 Å². The van der Waals surface area contributed by atoms with Gasteiger partial charge in [0.15, 0.2) is 5.96 Å². The van der Waals surface area contributed by atoms with Gasteiger partial charge in [-0.2, -0.15) is 5.10 Å². The Hall–Kier alpha value is -1.61. The zero-order valence-electron chi connectivity index (χ0n) is 19.0. The third kappa shape index (κ3) is 6.44. The molecule has 1 aromatic carbocycles. The van der Waals surface area contributed by atoms with Gasteiger partial charge in [-0.15, -0.1) is 24.0 Å². The molecule has 2 aromatic rings. The maximum absolute atomic E-state index is 4.89. The number of guanidine groups is 1. The van der Waals surface area contributed by atoms with E-state index in [2.05, 4.69) is 73.0 Å². The number of rotatable bonds is 7. The van der Waals surface area contributed by atoms with E-state index in [1.54, 1.807) is 0 Å². The van der Waals surface area contributed by atoms with Crippen LogP contribution in [0.2, 0.25) is 0 Å². The molecule has 1 heterocycles. The summed E-state index contributed by atoms with van der Waals surface area (Å²) in [7, 11) is 6.12. The van der Waals surface area contributed by atoms with E-state index in [0.717, 1.165) is 12.5 Å². The predicted molar refractivity (Wildman–Crippen MR) is 136 cm³/mol. The van der Waals surface area contributed by atoms with Crippen LogP contribution in [-0.2, 0) is 19.9 Å². The highest BCUT2D eigenvalue weighted by Gasteiger charge is 2.17. The minimum absolute atomic E-state index is 0. The van der Waals surface area contributed by atoms with Crippen molar-refractivity contribution in [2.24, 2.45) is 12.0 Å². The Labute approximate surface area is 198 Å². The van der Waals surface area contributed by atoms with Crippen molar-refractivity contribution < 1.29 is 0 Å². The van der Waals surface area contributed by atoms with Gasteiger partial charge in [-0.05, 0) is 70.3 Å². The van der Waals surface area contributed by atoms with Gasteiger partial charge in [0.2, 0.25) is 0 Å². The van der Waals surface area contributed by atoms with Gasteiger partial charge in [0.1, 0.15) is 0 Å². The van der Waals surface area contributed by atoms with E-state index in [1.807, 2.05) is 17.9 Å². The van der Waals surface area contributed by atoms with E-state index >= 15 is 0 Å². The highest BCUT2D eigenvalue weighted by Crippen LogP contribution is 2.25. The normalized spacial score (nSPS) is 15.9. The van der Waals surface area contributed by atoms with Crippen molar-refractivity contribution >= 4 is 29.9 Å². The molecule has 0 spiro atoms. The molecule has 0 aliphatic heterocycles. The molecule has 2 N–H and O–H groups in total. The monoisotopic (exact) mass is 524 g/mol. The Morgan fingerprint density at radius 3 is 2.57 bits per heavy atom. The molecular weight excluding hydrogens is 487 g/mol. The standard InChI is InChI=1S/C23H36N6.HI/c1-6-24-23(25-15-22(28(3)4)21-14-26-29(5)16-21)27-17(2)19-12-11-18-9-7-8-10-20(18)13-19;/h11-14,16-17,22H,6-10,15H2,1-5H3,(H2,24,25,27);1H. The average molecular weight is 524 g/mol. The molecule has 0 amide bonds. The minimum atomic E-state index is 0. The van der Waals surface area contributed by atoms with Crippen molar-refractivity contribution in [3.63, 3.8) is 0 Å². The summed E-state index contributed by atoms with van der Waals surface area (Å²) < 4.78 is 1.84. The van der Waals surface area contributed by atoms with Crippen molar-refractivity contribution in [1.82, 2.24) is 25.3 Å². The summed E-state index contributed by atoms with van der Waals surface area (Å²) in [5, 5.41) is 11.3. The minimum Gasteiger partial charge on any atom is -0.357 e. The first-order valence-electron chi connectivity index (χ1n) is 10.8. The molecule has 2 unspecified atom stereocenters. The van der Waals surface area contributed by atoms with Crippen LogP contribution in [0.3, 0.4) is 0 Å². The summed E-state index contributed by atoms with van der Waals surface area (Å²) >= 11 is 0. The molecule has 1 aliphatic carbocycles. The number of hydrogen-bond donors (Lipinski definition) is 2. The van der Waals surface area contributed by atoms with Crippen molar-refractivity contribution in [3.05, 3.63) is 52.8 Å². The molecule has 3 rings (SSSR count). The van der Waals surface area contributed by atoms with Crippen LogP contribution in [0.25, 0.3) is 0 Å². The first-order valence-corrected chi connectivity index (χ1v) is 10.8. The SMILES string of the molecule is CCNC(=NCC(c1cnn(C)c1)N(C)C)NC(C)c1ccc2c(c1)CCCC2.I. The van der Waals surface area contributed by atoms with E-state index < -0.39 is 0 Å². The Bertz CT molecular complexity index is 829. The van der Waals surface area contributed by atoms with Gasteiger partial charge < -0.3 is 15.5 Å². The van der Waals surface area contributed by atoms with Gasteiger partial charge in [0.25, 0.3) is 0 Å². The number of nitrogens with one attached hydrogen (secondary N) is 2. The largest absolute Gasteiger partial charge is 0.357 e. The first-order chi connectivity index (χ1) is 14.0. The molecule has 6 nitrogen and oxygen atoms in total. The van der Waals surface area contributed by atoms with Gasteiger partial charge in [-0.25, -0.2) is 0 Å². The summed E-state index contributed by atoms with van der Waals surface area (Å²) in [6.45, 7) is 5.82. The predicted octanol–water partition coefficient (Wildman–Crippen LogP) is 3.84. The van der Waals surface area contributed by atoms with Crippen molar-refractivity contribution in [3.8, 4) is 0 Å². The number of fused-ring (bicyclic) bond motifs is 1. The van der Waals surface area contributed by atoms with Crippen LogP contribution in [0.4, 0.5) is 0 Å². The molecule has 7 heteroatoms. The van der Waals surface area contributed by atoms with E-state index in [9.17, 15) is 0 Å². The smallest absolute Gasteiger partial charge is 0.191 e. The summed E-state index contributed by atoms with van der Waals surface area (Å²) in [5.41, 5.74) is 5.55. The third-order valence-corrected chi connectivity index (χ3v) is 5.73. The van der Waals surface area contributed by atoms with Crippen LogP contribution in [0.5, 0.6) is 0 Å². The lowest BCUT2D eigenvalue weighted by Gasteiger charge is -2.24. The topological polar surface area (TPSA) is 57.5 Å². The van der Waals surface area contributed by atoms with Gasteiger partial charge in [0, 0.05) is 25.4 Å². The Morgan fingerprint density at radius 1 is 1.20 bits per heavy atom. The van der Waals surface area contributed by atoms with Gasteiger partial charge in [-0.1, -0.05) is 18.2 Å². The quantitative estimate of drug-likeness (QED) is 0.329. The number of aliphatic imine (C=N–C) groups is 1. The maximum Gasteiger partial charge on any atom is 0.191 e. The van der Waals surface area contributed by atoms with E-state index in [0.29, 0.717) is 6.54 Å². The maximum atomic E-state index is 4.89. The molecule has 30 heavy (non-hydrogen) atoms. The lowest BCUT2D eigenvalue weighted by molar-refractivity contribution is 0.306. The summed E-state index contributed by atoms with van der Waals surface area (Å²) in [6.07, 6.45) is 9.05. The number of likely N-dealkylation sites (N-methyl/N-ethyl adjacent to an activating group) is 1. The number of benzene rings is 1. The molecule has 0 saturated heterocycles. The average Bonchev–Trinajstić information content (AvgIpc) is 3.13. The fourth-order valence-corrected chi connectivity index (χ4v) is 3.99. The van der Waals surface area contributed by atoms with Crippen LogP contribution in [0.1, 0.15) is 61.0 Å². The van der Waals surface area contributed by atoms with Gasteiger partial charge in [-0.3, -0.25) is 9.67 Å². The molecular formula is C23H37IN6. The van der Waals surface area contributed by atoms with Crippen LogP contribution in [0.15, 0.2) is 35.6 Å². The van der Waals surface area contributed by atoms with Crippen molar-refractivity contribution in [2.45, 2.75) is 51.6 Å².